The molecule has 1 aliphatic rings. The third-order valence-electron chi connectivity index (χ3n) is 4.92. The minimum atomic E-state index is 0. The highest BCUT2D eigenvalue weighted by molar-refractivity contribution is 14.0. The number of benzene rings is 1. The van der Waals surface area contributed by atoms with E-state index in [9.17, 15) is 0 Å². The highest BCUT2D eigenvalue weighted by atomic mass is 127. The molecule has 1 heterocycles. The van der Waals surface area contributed by atoms with Crippen LogP contribution in [0.1, 0.15) is 26.2 Å². The number of anilines is 1. The Kier molecular flexibility index (Phi) is 14.1. The molecule has 1 fully saturated rings. The summed E-state index contributed by atoms with van der Waals surface area (Å²) in [6.07, 6.45) is 3.46. The van der Waals surface area contributed by atoms with Crippen LogP contribution in [0.2, 0.25) is 0 Å². The number of hydrogen-bond acceptors (Lipinski definition) is 4. The maximum atomic E-state index is 5.39. The van der Waals surface area contributed by atoms with Crippen molar-refractivity contribution >= 4 is 35.6 Å². The molecule has 160 valence electrons. The SMILES string of the molecule is CCN(CCCNC(=NC)NCCCCN1CCOCC1)c1ccccc1.I. The Morgan fingerprint density at radius 3 is 2.39 bits per heavy atom. The van der Waals surface area contributed by atoms with Crippen LogP contribution >= 0.6 is 24.0 Å². The molecule has 28 heavy (non-hydrogen) atoms. The summed E-state index contributed by atoms with van der Waals surface area (Å²) in [6, 6.07) is 10.6. The smallest absolute Gasteiger partial charge is 0.190 e. The Balaban J connectivity index is 0.00000392. The van der Waals surface area contributed by atoms with Gasteiger partial charge in [-0.05, 0) is 44.9 Å². The normalized spacial score (nSPS) is 15.0. The number of ether oxygens (including phenoxy) is 1. The number of halogens is 1. The molecule has 7 heteroatoms. The Hall–Kier alpha value is -1.06. The van der Waals surface area contributed by atoms with Gasteiger partial charge < -0.3 is 20.3 Å². The molecule has 1 saturated heterocycles. The van der Waals surface area contributed by atoms with Crippen LogP contribution in [0.25, 0.3) is 0 Å². The van der Waals surface area contributed by atoms with Crippen molar-refractivity contribution in [3.63, 3.8) is 0 Å². The summed E-state index contributed by atoms with van der Waals surface area (Å²) in [5.41, 5.74) is 1.29. The lowest BCUT2D eigenvalue weighted by atomic mass is 10.2. The van der Waals surface area contributed by atoms with E-state index in [1.165, 1.54) is 18.7 Å². The van der Waals surface area contributed by atoms with Gasteiger partial charge in [0, 0.05) is 52.0 Å². The van der Waals surface area contributed by atoms with Crippen molar-refractivity contribution in [3.05, 3.63) is 30.3 Å². The van der Waals surface area contributed by atoms with Gasteiger partial charge in [-0.25, -0.2) is 0 Å². The lowest BCUT2D eigenvalue weighted by Gasteiger charge is -2.26. The van der Waals surface area contributed by atoms with Gasteiger partial charge in [-0.2, -0.15) is 0 Å². The van der Waals surface area contributed by atoms with Gasteiger partial charge in [0.05, 0.1) is 13.2 Å². The van der Waals surface area contributed by atoms with E-state index in [0.717, 1.165) is 71.3 Å². The predicted octanol–water partition coefficient (Wildman–Crippen LogP) is 2.80. The predicted molar refractivity (Wildman–Crippen MR) is 130 cm³/mol. The molecule has 0 amide bonds. The van der Waals surface area contributed by atoms with E-state index in [-0.39, 0.29) is 24.0 Å². The molecule has 0 saturated carbocycles. The molecule has 2 N–H and O–H groups in total. The van der Waals surface area contributed by atoms with Crippen molar-refractivity contribution in [1.82, 2.24) is 15.5 Å². The maximum absolute atomic E-state index is 5.39. The van der Waals surface area contributed by atoms with Gasteiger partial charge in [0.25, 0.3) is 0 Å². The number of rotatable bonds is 11. The summed E-state index contributed by atoms with van der Waals surface area (Å²) in [5, 5.41) is 6.85. The number of nitrogens with one attached hydrogen (secondary N) is 2. The monoisotopic (exact) mass is 503 g/mol. The molecule has 0 spiro atoms. The van der Waals surface area contributed by atoms with E-state index in [4.69, 9.17) is 4.74 Å². The van der Waals surface area contributed by atoms with Crippen molar-refractivity contribution in [3.8, 4) is 0 Å². The van der Waals surface area contributed by atoms with Crippen LogP contribution in [0.15, 0.2) is 35.3 Å². The average Bonchev–Trinajstić information content (AvgIpc) is 2.73. The van der Waals surface area contributed by atoms with Gasteiger partial charge in [0.1, 0.15) is 0 Å². The fourth-order valence-corrected chi connectivity index (χ4v) is 3.30. The molecule has 1 aromatic carbocycles. The first-order valence-electron chi connectivity index (χ1n) is 10.4. The Morgan fingerprint density at radius 1 is 1.07 bits per heavy atom. The molecule has 1 aromatic rings. The van der Waals surface area contributed by atoms with Crippen LogP contribution in [-0.4, -0.2) is 76.9 Å². The molecule has 0 aliphatic carbocycles. The Morgan fingerprint density at radius 2 is 1.75 bits per heavy atom. The Bertz CT molecular complexity index is 523. The zero-order chi connectivity index (χ0) is 19.2. The van der Waals surface area contributed by atoms with Gasteiger partial charge in [0.2, 0.25) is 0 Å². The summed E-state index contributed by atoms with van der Waals surface area (Å²) in [5.74, 6) is 0.907. The first kappa shape index (κ1) is 25.0. The van der Waals surface area contributed by atoms with E-state index in [0.29, 0.717) is 0 Å². The van der Waals surface area contributed by atoms with Gasteiger partial charge >= 0.3 is 0 Å². The topological polar surface area (TPSA) is 52.1 Å². The van der Waals surface area contributed by atoms with Gasteiger partial charge in [-0.1, -0.05) is 18.2 Å². The molecule has 2 rings (SSSR count). The number of morpholine rings is 1. The van der Waals surface area contributed by atoms with E-state index >= 15 is 0 Å². The second-order valence-corrected chi connectivity index (χ2v) is 6.86. The molecule has 1 aliphatic heterocycles. The lowest BCUT2D eigenvalue weighted by molar-refractivity contribution is 0.0372. The van der Waals surface area contributed by atoms with Gasteiger partial charge in [-0.3, -0.25) is 9.89 Å². The maximum Gasteiger partial charge on any atom is 0.190 e. The van der Waals surface area contributed by atoms with Gasteiger partial charge in [-0.15, -0.1) is 24.0 Å². The first-order valence-corrected chi connectivity index (χ1v) is 10.4. The second kappa shape index (κ2) is 15.8. The minimum Gasteiger partial charge on any atom is -0.379 e. The van der Waals surface area contributed by atoms with Crippen LogP contribution in [0, 0.1) is 0 Å². The fourth-order valence-electron chi connectivity index (χ4n) is 3.30. The molecule has 0 unspecified atom stereocenters. The van der Waals surface area contributed by atoms with Gasteiger partial charge in [0.15, 0.2) is 5.96 Å². The minimum absolute atomic E-state index is 0. The summed E-state index contributed by atoms with van der Waals surface area (Å²) < 4.78 is 5.39. The number of guanidine groups is 1. The van der Waals surface area contributed by atoms with Crippen LogP contribution in [0.5, 0.6) is 0 Å². The van der Waals surface area contributed by atoms with Crippen LogP contribution in [0.4, 0.5) is 5.69 Å². The number of para-hydroxylation sites is 1. The van der Waals surface area contributed by atoms with E-state index in [1.807, 2.05) is 7.05 Å². The number of hydrogen-bond donors (Lipinski definition) is 2. The standard InChI is InChI=1S/C21H37N5O.HI/c1-3-26(20-10-5-4-6-11-20)15-9-13-24-21(22-2)23-12-7-8-14-25-16-18-27-19-17-25;/h4-6,10-11H,3,7-9,12-19H2,1-2H3,(H2,22,23,24);1H. The van der Waals surface area contributed by atoms with Crippen molar-refractivity contribution in [1.29, 1.82) is 0 Å². The van der Waals surface area contributed by atoms with Crippen molar-refractivity contribution in [2.75, 3.05) is 71.0 Å². The summed E-state index contributed by atoms with van der Waals surface area (Å²) >= 11 is 0. The average molecular weight is 503 g/mol. The van der Waals surface area contributed by atoms with Crippen molar-refractivity contribution in [2.24, 2.45) is 4.99 Å². The largest absolute Gasteiger partial charge is 0.379 e. The van der Waals surface area contributed by atoms with Crippen molar-refractivity contribution in [2.45, 2.75) is 26.2 Å². The molecule has 0 radical (unpaired) electrons. The quantitative estimate of drug-likeness (QED) is 0.211. The third kappa shape index (κ3) is 9.93. The molecule has 0 aromatic heterocycles. The molecule has 0 atom stereocenters. The molecular formula is C21H38IN5O. The third-order valence-corrected chi connectivity index (χ3v) is 4.92. The lowest BCUT2D eigenvalue weighted by Crippen LogP contribution is -2.40. The summed E-state index contributed by atoms with van der Waals surface area (Å²) in [7, 11) is 1.84. The zero-order valence-electron chi connectivity index (χ0n) is 17.5. The number of aliphatic imine (C=N–C) groups is 1. The number of nitrogens with zero attached hydrogens (tertiary/aromatic N) is 3. The summed E-state index contributed by atoms with van der Waals surface area (Å²) in [4.78, 5) is 9.22. The van der Waals surface area contributed by atoms with E-state index in [1.54, 1.807) is 0 Å². The van der Waals surface area contributed by atoms with Crippen LogP contribution in [-0.2, 0) is 4.74 Å². The van der Waals surface area contributed by atoms with Crippen LogP contribution in [0.3, 0.4) is 0 Å². The Labute approximate surface area is 188 Å². The fraction of sp³-hybridized carbons (Fsp3) is 0.667. The highest BCUT2D eigenvalue weighted by Gasteiger charge is 2.09. The molecular weight excluding hydrogens is 465 g/mol. The molecule has 6 nitrogen and oxygen atoms in total. The van der Waals surface area contributed by atoms with E-state index < -0.39 is 0 Å². The molecule has 0 bridgehead atoms. The first-order chi connectivity index (χ1) is 13.3. The highest BCUT2D eigenvalue weighted by Crippen LogP contribution is 2.12. The number of unbranched alkanes of at least 4 members (excludes halogenated alkanes) is 1. The van der Waals surface area contributed by atoms with E-state index in [2.05, 4.69) is 62.7 Å². The van der Waals surface area contributed by atoms with Crippen LogP contribution < -0.4 is 15.5 Å². The summed E-state index contributed by atoms with van der Waals surface area (Å²) in [6.45, 7) is 11.3. The zero-order valence-corrected chi connectivity index (χ0v) is 19.9. The second-order valence-electron chi connectivity index (χ2n) is 6.86. The van der Waals surface area contributed by atoms with Crippen molar-refractivity contribution < 1.29 is 4.74 Å².